The fourth-order valence-corrected chi connectivity index (χ4v) is 5.29. The van der Waals surface area contributed by atoms with E-state index in [2.05, 4.69) is 81.1 Å². The Morgan fingerprint density at radius 2 is 1.38 bits per heavy atom. The monoisotopic (exact) mass is 296 g/mol. The minimum Gasteiger partial charge on any atom is -0.103 e. The highest BCUT2D eigenvalue weighted by atomic mass is 31.1. The molecule has 0 saturated carbocycles. The van der Waals surface area contributed by atoms with E-state index in [0.717, 1.165) is 6.42 Å². The minimum absolute atomic E-state index is 0.290. The Kier molecular flexibility index (Phi) is 5.76. The molecular weight excluding hydrogens is 271 g/mol. The molecule has 0 aliphatic rings. The number of benzene rings is 2. The first kappa shape index (κ1) is 16.0. The van der Waals surface area contributed by atoms with Crippen LogP contribution in [0.25, 0.3) is 0 Å². The van der Waals surface area contributed by atoms with Gasteiger partial charge in [0.15, 0.2) is 0 Å². The van der Waals surface area contributed by atoms with Crippen LogP contribution in [0, 0.1) is 5.41 Å². The van der Waals surface area contributed by atoms with Crippen LogP contribution in [0.1, 0.15) is 26.7 Å². The Morgan fingerprint density at radius 1 is 0.905 bits per heavy atom. The van der Waals surface area contributed by atoms with Gasteiger partial charge in [0.2, 0.25) is 0 Å². The van der Waals surface area contributed by atoms with E-state index in [1.807, 2.05) is 6.08 Å². The molecule has 1 heteroatoms. The average Bonchev–Trinajstić information content (AvgIpc) is 2.52. The minimum atomic E-state index is -0.290. The molecule has 0 radical (unpaired) electrons. The van der Waals surface area contributed by atoms with Gasteiger partial charge in [-0.1, -0.05) is 80.6 Å². The van der Waals surface area contributed by atoms with Crippen molar-refractivity contribution in [1.29, 1.82) is 0 Å². The van der Waals surface area contributed by atoms with Crippen LogP contribution in [0.15, 0.2) is 73.3 Å². The summed E-state index contributed by atoms with van der Waals surface area (Å²) in [6, 6.07) is 22.0. The summed E-state index contributed by atoms with van der Waals surface area (Å²) in [6.07, 6.45) is 5.56. The predicted molar refractivity (Wildman–Crippen MR) is 97.2 cm³/mol. The molecule has 0 fully saturated rings. The predicted octanol–water partition coefficient (Wildman–Crippen LogP) is 5.11. The van der Waals surface area contributed by atoms with Crippen molar-refractivity contribution < 1.29 is 0 Å². The number of rotatable bonds is 7. The van der Waals surface area contributed by atoms with E-state index in [-0.39, 0.29) is 7.92 Å². The van der Waals surface area contributed by atoms with Crippen molar-refractivity contribution in [1.82, 2.24) is 0 Å². The summed E-state index contributed by atoms with van der Waals surface area (Å²) in [5.41, 5.74) is 0.339. The van der Waals surface area contributed by atoms with Gasteiger partial charge in [-0.3, -0.25) is 0 Å². The molecular formula is C20H25P. The molecule has 0 aromatic heterocycles. The van der Waals surface area contributed by atoms with Crippen LogP contribution < -0.4 is 10.6 Å². The molecule has 110 valence electrons. The van der Waals surface area contributed by atoms with E-state index < -0.39 is 0 Å². The SMILES string of the molecule is C=CCCC(C)(C)CP(c1ccccc1)c1ccccc1. The number of allylic oxidation sites excluding steroid dienone is 1. The second-order valence-electron chi connectivity index (χ2n) is 6.25. The summed E-state index contributed by atoms with van der Waals surface area (Å²) in [6.45, 7) is 8.64. The van der Waals surface area contributed by atoms with E-state index in [0.29, 0.717) is 5.41 Å². The molecule has 0 bridgehead atoms. The van der Waals surface area contributed by atoms with E-state index >= 15 is 0 Å². The molecule has 21 heavy (non-hydrogen) atoms. The van der Waals surface area contributed by atoms with Crippen molar-refractivity contribution in [2.24, 2.45) is 5.41 Å². The zero-order chi connectivity index (χ0) is 15.1. The molecule has 2 rings (SSSR count). The van der Waals surface area contributed by atoms with Gasteiger partial charge in [-0.25, -0.2) is 0 Å². The van der Waals surface area contributed by atoms with E-state index in [9.17, 15) is 0 Å². The van der Waals surface area contributed by atoms with Crippen LogP contribution >= 0.6 is 7.92 Å². The maximum atomic E-state index is 3.86. The van der Waals surface area contributed by atoms with Gasteiger partial charge in [0.25, 0.3) is 0 Å². The molecule has 0 atom stereocenters. The summed E-state index contributed by atoms with van der Waals surface area (Å²) >= 11 is 0. The summed E-state index contributed by atoms with van der Waals surface area (Å²) in [5, 5.41) is 2.95. The molecule has 0 N–H and O–H groups in total. The number of hydrogen-bond acceptors (Lipinski definition) is 0. The second kappa shape index (κ2) is 7.57. The zero-order valence-corrected chi connectivity index (χ0v) is 14.0. The Morgan fingerprint density at radius 3 is 1.81 bits per heavy atom. The second-order valence-corrected chi connectivity index (χ2v) is 8.45. The molecule has 0 spiro atoms. The van der Waals surface area contributed by atoms with E-state index in [1.165, 1.54) is 23.2 Å². The maximum absolute atomic E-state index is 3.86. The third-order valence-corrected chi connectivity index (χ3v) is 6.76. The molecule has 0 saturated heterocycles. The Labute approximate surface area is 130 Å². The van der Waals surface area contributed by atoms with Crippen molar-refractivity contribution in [2.45, 2.75) is 26.7 Å². The van der Waals surface area contributed by atoms with Gasteiger partial charge in [0.05, 0.1) is 0 Å². The topological polar surface area (TPSA) is 0 Å². The smallest absolute Gasteiger partial charge is 0.0193 e. The molecule has 0 aliphatic carbocycles. The highest BCUT2D eigenvalue weighted by Crippen LogP contribution is 2.42. The molecule has 2 aromatic rings. The highest BCUT2D eigenvalue weighted by molar-refractivity contribution is 7.73. The Balaban J connectivity index is 2.27. The molecule has 0 heterocycles. The van der Waals surface area contributed by atoms with Gasteiger partial charge in [-0.15, -0.1) is 6.58 Å². The maximum Gasteiger partial charge on any atom is -0.0193 e. The number of hydrogen-bond donors (Lipinski definition) is 0. The molecule has 0 unspecified atom stereocenters. The van der Waals surface area contributed by atoms with E-state index in [1.54, 1.807) is 0 Å². The molecule has 0 aliphatic heterocycles. The highest BCUT2D eigenvalue weighted by Gasteiger charge is 2.24. The van der Waals surface area contributed by atoms with Gasteiger partial charge in [-0.05, 0) is 42.9 Å². The lowest BCUT2D eigenvalue weighted by molar-refractivity contribution is 0.389. The van der Waals surface area contributed by atoms with Crippen molar-refractivity contribution >= 4 is 18.5 Å². The lowest BCUT2D eigenvalue weighted by atomic mass is 9.90. The van der Waals surface area contributed by atoms with Crippen LogP contribution in [0.5, 0.6) is 0 Å². The van der Waals surface area contributed by atoms with Crippen molar-refractivity contribution in [3.8, 4) is 0 Å². The standard InChI is InChI=1S/C20H25P/c1-4-5-16-20(2,3)17-21(18-12-8-6-9-13-18)19-14-10-7-11-15-19/h4,6-15H,1,5,16-17H2,2-3H3. The fraction of sp³-hybridized carbons (Fsp3) is 0.300. The first-order valence-electron chi connectivity index (χ1n) is 7.61. The Bertz CT molecular complexity index is 503. The molecule has 2 aromatic carbocycles. The van der Waals surface area contributed by atoms with Crippen LogP contribution in [0.2, 0.25) is 0 Å². The first-order valence-corrected chi connectivity index (χ1v) is 9.14. The lowest BCUT2D eigenvalue weighted by Crippen LogP contribution is -2.23. The summed E-state index contributed by atoms with van der Waals surface area (Å²) in [7, 11) is -0.290. The van der Waals surface area contributed by atoms with Crippen LogP contribution in [-0.2, 0) is 0 Å². The summed E-state index contributed by atoms with van der Waals surface area (Å²) < 4.78 is 0. The van der Waals surface area contributed by atoms with Gasteiger partial charge in [0.1, 0.15) is 0 Å². The molecule has 0 nitrogen and oxygen atoms in total. The molecule has 0 amide bonds. The van der Waals surface area contributed by atoms with Crippen LogP contribution in [0.3, 0.4) is 0 Å². The van der Waals surface area contributed by atoms with Crippen molar-refractivity contribution in [2.75, 3.05) is 6.16 Å². The summed E-state index contributed by atoms with van der Waals surface area (Å²) in [4.78, 5) is 0. The summed E-state index contributed by atoms with van der Waals surface area (Å²) in [5.74, 6) is 0. The fourth-order valence-electron chi connectivity index (χ4n) is 2.55. The normalized spacial score (nSPS) is 11.6. The van der Waals surface area contributed by atoms with Crippen LogP contribution in [0.4, 0.5) is 0 Å². The van der Waals surface area contributed by atoms with Gasteiger partial charge >= 0.3 is 0 Å². The Hall–Kier alpha value is -1.39. The zero-order valence-electron chi connectivity index (χ0n) is 13.1. The van der Waals surface area contributed by atoms with Crippen molar-refractivity contribution in [3.63, 3.8) is 0 Å². The first-order chi connectivity index (χ1) is 10.1. The van der Waals surface area contributed by atoms with Gasteiger partial charge in [-0.2, -0.15) is 0 Å². The largest absolute Gasteiger partial charge is 0.103 e. The van der Waals surface area contributed by atoms with Crippen LogP contribution in [-0.4, -0.2) is 6.16 Å². The lowest BCUT2D eigenvalue weighted by Gasteiger charge is -2.30. The third-order valence-electron chi connectivity index (χ3n) is 3.75. The van der Waals surface area contributed by atoms with Gasteiger partial charge < -0.3 is 0 Å². The van der Waals surface area contributed by atoms with Crippen molar-refractivity contribution in [3.05, 3.63) is 73.3 Å². The average molecular weight is 296 g/mol. The van der Waals surface area contributed by atoms with Gasteiger partial charge in [0, 0.05) is 0 Å². The van der Waals surface area contributed by atoms with E-state index in [4.69, 9.17) is 0 Å². The third kappa shape index (κ3) is 4.83. The quantitative estimate of drug-likeness (QED) is 0.492.